The molecule has 1 aliphatic rings. The summed E-state index contributed by atoms with van der Waals surface area (Å²) in [4.78, 5) is 0. The molecule has 4 nitrogen and oxygen atoms in total. The Kier molecular flexibility index (Phi) is 2.80. The normalized spacial score (nSPS) is 31.0. The minimum Gasteiger partial charge on any atom is -0.394 e. The highest BCUT2D eigenvalue weighted by Gasteiger charge is 2.38. The lowest BCUT2D eigenvalue weighted by Crippen LogP contribution is -2.44. The Labute approximate surface area is 90.3 Å². The van der Waals surface area contributed by atoms with Gasteiger partial charge in [0.1, 0.15) is 0 Å². The maximum absolute atomic E-state index is 9.39. The van der Waals surface area contributed by atoms with Crippen molar-refractivity contribution >= 4 is 0 Å². The van der Waals surface area contributed by atoms with Gasteiger partial charge in [-0.15, -0.1) is 0 Å². The largest absolute Gasteiger partial charge is 0.394 e. The number of likely N-dealkylation sites (N-methyl/N-ethyl adjacent to an activating group) is 1. The van der Waals surface area contributed by atoms with E-state index in [1.165, 1.54) is 5.56 Å². The van der Waals surface area contributed by atoms with Crippen LogP contribution in [0.3, 0.4) is 0 Å². The van der Waals surface area contributed by atoms with Crippen molar-refractivity contribution in [3.8, 4) is 0 Å². The molecule has 1 aromatic rings. The summed E-state index contributed by atoms with van der Waals surface area (Å²) in [6.07, 6.45) is 7.03. The van der Waals surface area contributed by atoms with Crippen LogP contribution in [0.15, 0.2) is 12.4 Å². The number of aliphatic hydroxyl groups is 1. The highest BCUT2D eigenvalue weighted by molar-refractivity contribution is 5.03. The molecule has 1 aromatic heterocycles. The van der Waals surface area contributed by atoms with Gasteiger partial charge < -0.3 is 10.4 Å². The number of aromatic nitrogens is 2. The SMILES string of the molecule is CNC1(CO)CCC(n2cc(C)cn2)C1. The fourth-order valence-corrected chi connectivity index (χ4v) is 2.41. The maximum atomic E-state index is 9.39. The Morgan fingerprint density at radius 2 is 2.53 bits per heavy atom. The van der Waals surface area contributed by atoms with Crippen molar-refractivity contribution in [2.45, 2.75) is 37.8 Å². The van der Waals surface area contributed by atoms with Crippen molar-refractivity contribution in [1.82, 2.24) is 15.1 Å². The van der Waals surface area contributed by atoms with E-state index in [1.807, 2.05) is 17.9 Å². The first kappa shape index (κ1) is 10.6. The molecule has 15 heavy (non-hydrogen) atoms. The molecule has 0 radical (unpaired) electrons. The number of aryl methyl sites for hydroxylation is 1. The van der Waals surface area contributed by atoms with Gasteiger partial charge in [0.2, 0.25) is 0 Å². The summed E-state index contributed by atoms with van der Waals surface area (Å²) >= 11 is 0. The number of rotatable bonds is 3. The fourth-order valence-electron chi connectivity index (χ4n) is 2.41. The van der Waals surface area contributed by atoms with Gasteiger partial charge in [0, 0.05) is 11.7 Å². The molecule has 1 heterocycles. The van der Waals surface area contributed by atoms with Gasteiger partial charge in [-0.25, -0.2) is 0 Å². The molecule has 0 saturated heterocycles. The van der Waals surface area contributed by atoms with E-state index in [0.29, 0.717) is 6.04 Å². The molecule has 0 amide bonds. The van der Waals surface area contributed by atoms with Crippen molar-refractivity contribution in [2.75, 3.05) is 13.7 Å². The van der Waals surface area contributed by atoms with E-state index in [1.54, 1.807) is 0 Å². The Bertz CT molecular complexity index is 330. The predicted octanol–water partition coefficient (Wildman–Crippen LogP) is 0.867. The van der Waals surface area contributed by atoms with Crippen LogP contribution < -0.4 is 5.32 Å². The topological polar surface area (TPSA) is 50.1 Å². The van der Waals surface area contributed by atoms with E-state index in [9.17, 15) is 5.11 Å². The van der Waals surface area contributed by atoms with Crippen molar-refractivity contribution in [3.63, 3.8) is 0 Å². The third kappa shape index (κ3) is 1.92. The average molecular weight is 209 g/mol. The van der Waals surface area contributed by atoms with Crippen LogP contribution in [0, 0.1) is 6.92 Å². The lowest BCUT2D eigenvalue weighted by atomic mass is 9.99. The van der Waals surface area contributed by atoms with E-state index in [0.717, 1.165) is 19.3 Å². The molecule has 84 valence electrons. The van der Waals surface area contributed by atoms with Crippen LogP contribution in [0.2, 0.25) is 0 Å². The van der Waals surface area contributed by atoms with Gasteiger partial charge >= 0.3 is 0 Å². The standard InChI is InChI=1S/C11H19N3O/c1-9-6-13-14(7-9)10-3-4-11(5-10,8-15)12-2/h6-7,10,12,15H,3-5,8H2,1-2H3. The lowest BCUT2D eigenvalue weighted by Gasteiger charge is -2.26. The van der Waals surface area contributed by atoms with Crippen molar-refractivity contribution in [1.29, 1.82) is 0 Å². The highest BCUT2D eigenvalue weighted by atomic mass is 16.3. The van der Waals surface area contributed by atoms with Gasteiger partial charge in [0.15, 0.2) is 0 Å². The van der Waals surface area contributed by atoms with Crippen LogP contribution >= 0.6 is 0 Å². The first-order valence-electron chi connectivity index (χ1n) is 5.50. The zero-order valence-corrected chi connectivity index (χ0v) is 9.40. The van der Waals surface area contributed by atoms with Crippen molar-refractivity contribution < 1.29 is 5.11 Å². The Morgan fingerprint density at radius 3 is 3.00 bits per heavy atom. The van der Waals surface area contributed by atoms with Gasteiger partial charge in [-0.2, -0.15) is 5.10 Å². The Balaban J connectivity index is 2.09. The third-order valence-electron chi connectivity index (χ3n) is 3.52. The summed E-state index contributed by atoms with van der Waals surface area (Å²) < 4.78 is 2.03. The molecule has 0 bridgehead atoms. The second-order valence-electron chi connectivity index (χ2n) is 4.58. The molecule has 0 aliphatic heterocycles. The second kappa shape index (κ2) is 3.94. The van der Waals surface area contributed by atoms with Crippen LogP contribution in [0.4, 0.5) is 0 Å². The van der Waals surface area contributed by atoms with E-state index in [4.69, 9.17) is 0 Å². The summed E-state index contributed by atoms with van der Waals surface area (Å²) in [5, 5.41) is 17.0. The minimum absolute atomic E-state index is 0.0927. The monoisotopic (exact) mass is 209 g/mol. The van der Waals surface area contributed by atoms with Crippen molar-refractivity contribution in [2.24, 2.45) is 0 Å². The molecule has 0 aromatic carbocycles. The average Bonchev–Trinajstić information content (AvgIpc) is 2.84. The summed E-state index contributed by atoms with van der Waals surface area (Å²) in [5.41, 5.74) is 1.10. The number of nitrogens with zero attached hydrogens (tertiary/aromatic N) is 2. The summed E-state index contributed by atoms with van der Waals surface area (Å²) in [5.74, 6) is 0. The van der Waals surface area contributed by atoms with Gasteiger partial charge in [0.25, 0.3) is 0 Å². The maximum Gasteiger partial charge on any atom is 0.0614 e. The molecular weight excluding hydrogens is 190 g/mol. The van der Waals surface area contributed by atoms with Crippen LogP contribution in [-0.2, 0) is 0 Å². The van der Waals surface area contributed by atoms with E-state index in [-0.39, 0.29) is 12.1 Å². The van der Waals surface area contributed by atoms with Gasteiger partial charge in [-0.3, -0.25) is 4.68 Å². The highest BCUT2D eigenvalue weighted by Crippen LogP contribution is 2.36. The third-order valence-corrected chi connectivity index (χ3v) is 3.52. The molecule has 2 unspecified atom stereocenters. The van der Waals surface area contributed by atoms with Crippen LogP contribution in [-0.4, -0.2) is 34.1 Å². The Hall–Kier alpha value is -0.870. The van der Waals surface area contributed by atoms with Crippen LogP contribution in [0.25, 0.3) is 0 Å². The number of hydrogen-bond acceptors (Lipinski definition) is 3. The molecule has 1 fully saturated rings. The Morgan fingerprint density at radius 1 is 1.73 bits per heavy atom. The molecule has 0 spiro atoms. The molecule has 1 aliphatic carbocycles. The van der Waals surface area contributed by atoms with Crippen LogP contribution in [0.1, 0.15) is 30.9 Å². The van der Waals surface area contributed by atoms with Crippen LogP contribution in [0.5, 0.6) is 0 Å². The molecular formula is C11H19N3O. The molecule has 2 rings (SSSR count). The molecule has 2 atom stereocenters. The van der Waals surface area contributed by atoms with E-state index < -0.39 is 0 Å². The molecule has 4 heteroatoms. The minimum atomic E-state index is -0.0927. The molecule has 2 N–H and O–H groups in total. The fraction of sp³-hybridized carbons (Fsp3) is 0.727. The van der Waals surface area contributed by atoms with E-state index in [2.05, 4.69) is 23.5 Å². The summed E-state index contributed by atoms with van der Waals surface area (Å²) in [7, 11) is 1.92. The quantitative estimate of drug-likeness (QED) is 0.776. The first-order valence-corrected chi connectivity index (χ1v) is 5.50. The first-order chi connectivity index (χ1) is 7.19. The number of hydrogen-bond donors (Lipinski definition) is 2. The predicted molar refractivity (Wildman–Crippen MR) is 58.7 cm³/mol. The van der Waals surface area contributed by atoms with Gasteiger partial charge in [0.05, 0.1) is 18.8 Å². The molecule has 1 saturated carbocycles. The van der Waals surface area contributed by atoms with E-state index >= 15 is 0 Å². The smallest absolute Gasteiger partial charge is 0.0614 e. The zero-order chi connectivity index (χ0) is 10.9. The zero-order valence-electron chi connectivity index (χ0n) is 9.40. The van der Waals surface area contributed by atoms with Crippen molar-refractivity contribution in [3.05, 3.63) is 18.0 Å². The summed E-state index contributed by atoms with van der Waals surface area (Å²) in [6, 6.07) is 0.429. The number of nitrogens with one attached hydrogen (secondary N) is 1. The lowest BCUT2D eigenvalue weighted by molar-refractivity contribution is 0.168. The number of aliphatic hydroxyl groups excluding tert-OH is 1. The van der Waals surface area contributed by atoms with Gasteiger partial charge in [-0.05, 0) is 38.8 Å². The van der Waals surface area contributed by atoms with Gasteiger partial charge in [-0.1, -0.05) is 0 Å². The second-order valence-corrected chi connectivity index (χ2v) is 4.58. The summed E-state index contributed by atoms with van der Waals surface area (Å²) in [6.45, 7) is 2.26.